The Morgan fingerprint density at radius 1 is 1.24 bits per heavy atom. The van der Waals surface area contributed by atoms with Crippen molar-refractivity contribution in [3.05, 3.63) is 35.9 Å². The average Bonchev–Trinajstić information content (AvgIpc) is 2.26. The van der Waals surface area contributed by atoms with Gasteiger partial charge in [0.1, 0.15) is 0 Å². The average molecular weight is 235 g/mol. The molecule has 4 nitrogen and oxygen atoms in total. The Morgan fingerprint density at radius 3 is 2.35 bits per heavy atom. The Labute approximate surface area is 100 Å². The van der Waals surface area contributed by atoms with Gasteiger partial charge in [-0.1, -0.05) is 30.3 Å². The summed E-state index contributed by atoms with van der Waals surface area (Å²) in [6.07, 6.45) is 0.238. The molecule has 1 unspecified atom stereocenters. The Hall–Kier alpha value is -1.68. The van der Waals surface area contributed by atoms with Crippen molar-refractivity contribution in [1.82, 2.24) is 0 Å². The van der Waals surface area contributed by atoms with Crippen molar-refractivity contribution in [2.75, 3.05) is 0 Å². The van der Waals surface area contributed by atoms with Crippen LogP contribution in [0.4, 0.5) is 0 Å². The maximum Gasteiger partial charge on any atom is 0.303 e. The number of aliphatic carboxylic acids is 1. The highest BCUT2D eigenvalue weighted by atomic mass is 16.4. The maximum atomic E-state index is 11.8. The number of nitrogens with two attached hydrogens (primary N) is 1. The van der Waals surface area contributed by atoms with Crippen LogP contribution in [0.3, 0.4) is 0 Å². The van der Waals surface area contributed by atoms with Gasteiger partial charge in [-0.25, -0.2) is 0 Å². The van der Waals surface area contributed by atoms with E-state index in [2.05, 4.69) is 0 Å². The van der Waals surface area contributed by atoms with Gasteiger partial charge in [0.25, 0.3) is 0 Å². The number of ketones is 1. The first-order valence-corrected chi connectivity index (χ1v) is 5.50. The molecule has 0 fully saturated rings. The maximum absolute atomic E-state index is 11.8. The lowest BCUT2D eigenvalue weighted by molar-refractivity contribution is -0.139. The van der Waals surface area contributed by atoms with Crippen molar-refractivity contribution in [2.45, 2.75) is 31.7 Å². The van der Waals surface area contributed by atoms with Crippen LogP contribution in [-0.4, -0.2) is 22.4 Å². The Balaban J connectivity index is 2.61. The lowest BCUT2D eigenvalue weighted by Crippen LogP contribution is -2.47. The molecule has 0 aliphatic rings. The van der Waals surface area contributed by atoms with Gasteiger partial charge in [0.2, 0.25) is 0 Å². The van der Waals surface area contributed by atoms with Crippen LogP contribution in [-0.2, 0) is 16.0 Å². The zero-order chi connectivity index (χ0) is 12.9. The molecule has 3 N–H and O–H groups in total. The fourth-order valence-electron chi connectivity index (χ4n) is 1.62. The molecule has 0 amide bonds. The van der Waals surface area contributed by atoms with E-state index in [0.29, 0.717) is 6.42 Å². The fourth-order valence-corrected chi connectivity index (χ4v) is 1.62. The predicted octanol–water partition coefficient (Wildman–Crippen LogP) is 1.38. The van der Waals surface area contributed by atoms with E-state index in [9.17, 15) is 9.59 Å². The summed E-state index contributed by atoms with van der Waals surface area (Å²) in [6.45, 7) is 1.64. The second kappa shape index (κ2) is 5.59. The summed E-state index contributed by atoms with van der Waals surface area (Å²) in [5.74, 6) is -1.20. The molecule has 0 aromatic heterocycles. The first-order valence-electron chi connectivity index (χ1n) is 5.50. The molecule has 0 saturated carbocycles. The molecule has 0 radical (unpaired) electrons. The molecule has 1 atom stereocenters. The van der Waals surface area contributed by atoms with E-state index in [1.807, 2.05) is 30.3 Å². The molecule has 1 aromatic carbocycles. The number of carbonyl (C=O) groups excluding carboxylic acids is 1. The number of carboxylic acid groups (broad SMARTS) is 1. The van der Waals surface area contributed by atoms with Crippen LogP contribution < -0.4 is 5.73 Å². The number of carbonyl (C=O) groups is 2. The van der Waals surface area contributed by atoms with Crippen molar-refractivity contribution < 1.29 is 14.7 Å². The van der Waals surface area contributed by atoms with Gasteiger partial charge in [-0.05, 0) is 18.9 Å². The summed E-state index contributed by atoms with van der Waals surface area (Å²) >= 11 is 0. The van der Waals surface area contributed by atoms with Gasteiger partial charge in [-0.3, -0.25) is 9.59 Å². The smallest absolute Gasteiger partial charge is 0.303 e. The van der Waals surface area contributed by atoms with E-state index < -0.39 is 11.5 Å². The summed E-state index contributed by atoms with van der Waals surface area (Å²) in [5.41, 5.74) is 5.91. The number of hydrogen-bond donors (Lipinski definition) is 2. The number of Topliss-reactive ketones (excluding diaryl/α,β-unsaturated/α-hetero) is 1. The zero-order valence-electron chi connectivity index (χ0n) is 9.85. The highest BCUT2D eigenvalue weighted by molar-refractivity contribution is 5.90. The third-order valence-electron chi connectivity index (χ3n) is 2.62. The minimum absolute atomic E-state index is 0.0187. The van der Waals surface area contributed by atoms with E-state index in [1.165, 1.54) is 0 Å². The van der Waals surface area contributed by atoms with Gasteiger partial charge in [-0.15, -0.1) is 0 Å². The molecule has 0 spiro atoms. The second-order valence-electron chi connectivity index (χ2n) is 4.40. The highest BCUT2D eigenvalue weighted by Gasteiger charge is 2.28. The van der Waals surface area contributed by atoms with Crippen LogP contribution in [0, 0.1) is 0 Å². The molecule has 17 heavy (non-hydrogen) atoms. The molecule has 0 saturated heterocycles. The van der Waals surface area contributed by atoms with Crippen LogP contribution in [0.15, 0.2) is 30.3 Å². The molecule has 1 rings (SSSR count). The monoisotopic (exact) mass is 235 g/mol. The van der Waals surface area contributed by atoms with Gasteiger partial charge < -0.3 is 10.8 Å². The SMILES string of the molecule is CC(N)(Cc1ccccc1)C(=O)CCC(=O)O. The summed E-state index contributed by atoms with van der Waals surface area (Å²) in [4.78, 5) is 22.2. The predicted molar refractivity (Wildman–Crippen MR) is 64.6 cm³/mol. The third kappa shape index (κ3) is 4.36. The van der Waals surface area contributed by atoms with Crippen molar-refractivity contribution in [2.24, 2.45) is 5.73 Å². The zero-order valence-corrected chi connectivity index (χ0v) is 9.85. The lowest BCUT2D eigenvalue weighted by Gasteiger charge is -2.22. The highest BCUT2D eigenvalue weighted by Crippen LogP contribution is 2.14. The van der Waals surface area contributed by atoms with Crippen LogP contribution in [0.25, 0.3) is 0 Å². The Morgan fingerprint density at radius 2 is 1.82 bits per heavy atom. The van der Waals surface area contributed by atoms with E-state index in [-0.39, 0.29) is 18.6 Å². The molecular formula is C13H17NO3. The summed E-state index contributed by atoms with van der Waals surface area (Å²) in [5, 5.41) is 8.52. The lowest BCUT2D eigenvalue weighted by atomic mass is 9.87. The minimum atomic E-state index is -1.00. The molecule has 0 aliphatic carbocycles. The first-order chi connectivity index (χ1) is 7.92. The second-order valence-corrected chi connectivity index (χ2v) is 4.40. The third-order valence-corrected chi connectivity index (χ3v) is 2.62. The van der Waals surface area contributed by atoms with Crippen LogP contribution in [0.1, 0.15) is 25.3 Å². The number of rotatable bonds is 6. The van der Waals surface area contributed by atoms with Gasteiger partial charge in [0.15, 0.2) is 5.78 Å². The molecule has 4 heteroatoms. The van der Waals surface area contributed by atoms with Gasteiger partial charge >= 0.3 is 5.97 Å². The van der Waals surface area contributed by atoms with Crippen molar-refractivity contribution in [3.8, 4) is 0 Å². The first kappa shape index (κ1) is 13.4. The molecule has 1 aromatic rings. The van der Waals surface area contributed by atoms with Gasteiger partial charge in [0, 0.05) is 6.42 Å². The summed E-state index contributed by atoms with van der Waals surface area (Å²) in [6, 6.07) is 9.45. The van der Waals surface area contributed by atoms with Crippen molar-refractivity contribution in [1.29, 1.82) is 0 Å². The normalized spacial score (nSPS) is 14.0. The van der Waals surface area contributed by atoms with E-state index in [1.54, 1.807) is 6.92 Å². The van der Waals surface area contributed by atoms with Gasteiger partial charge in [0.05, 0.1) is 12.0 Å². The molecule has 0 heterocycles. The van der Waals surface area contributed by atoms with Crippen molar-refractivity contribution >= 4 is 11.8 Å². The quantitative estimate of drug-likeness (QED) is 0.780. The minimum Gasteiger partial charge on any atom is -0.481 e. The van der Waals surface area contributed by atoms with E-state index in [0.717, 1.165) is 5.56 Å². The number of hydrogen-bond acceptors (Lipinski definition) is 3. The van der Waals surface area contributed by atoms with Crippen LogP contribution >= 0.6 is 0 Å². The van der Waals surface area contributed by atoms with Crippen LogP contribution in [0.5, 0.6) is 0 Å². The summed E-state index contributed by atoms with van der Waals surface area (Å²) in [7, 11) is 0. The fraction of sp³-hybridized carbons (Fsp3) is 0.385. The van der Waals surface area contributed by atoms with E-state index in [4.69, 9.17) is 10.8 Å². The summed E-state index contributed by atoms with van der Waals surface area (Å²) < 4.78 is 0. The largest absolute Gasteiger partial charge is 0.481 e. The molecular weight excluding hydrogens is 218 g/mol. The van der Waals surface area contributed by atoms with Crippen LogP contribution in [0.2, 0.25) is 0 Å². The number of carboxylic acids is 1. The van der Waals surface area contributed by atoms with Gasteiger partial charge in [-0.2, -0.15) is 0 Å². The molecule has 92 valence electrons. The standard InChI is InChI=1S/C13H17NO3/c1-13(14,11(15)7-8-12(16)17)9-10-5-3-2-4-6-10/h2-6H,7-9,14H2,1H3,(H,16,17). The topological polar surface area (TPSA) is 80.4 Å². The van der Waals surface area contributed by atoms with E-state index >= 15 is 0 Å². The molecule has 0 bridgehead atoms. The number of benzene rings is 1. The Kier molecular flexibility index (Phi) is 4.40. The van der Waals surface area contributed by atoms with Crippen molar-refractivity contribution in [3.63, 3.8) is 0 Å². The Bertz CT molecular complexity index is 398. The molecule has 0 aliphatic heterocycles.